The minimum Gasteiger partial charge on any atom is -0.282 e. The molecule has 0 spiro atoms. The smallest absolute Gasteiger partial charge is 0.229 e. The lowest BCUT2D eigenvalue weighted by molar-refractivity contribution is -0.118. The Balaban J connectivity index is 1.51. The third kappa shape index (κ3) is 6.00. The van der Waals surface area contributed by atoms with Gasteiger partial charge in [0.05, 0.1) is 34.0 Å². The number of amides is 1. The summed E-state index contributed by atoms with van der Waals surface area (Å²) in [5.41, 5.74) is 3.09. The molecule has 2 heterocycles. The summed E-state index contributed by atoms with van der Waals surface area (Å²) in [5, 5.41) is 1.17. The zero-order chi connectivity index (χ0) is 24.1. The Hall–Kier alpha value is -2.81. The summed E-state index contributed by atoms with van der Waals surface area (Å²) in [6.07, 6.45) is 2.01. The van der Waals surface area contributed by atoms with Crippen LogP contribution in [0.5, 0.6) is 0 Å². The lowest BCUT2D eigenvalue weighted by atomic mass is 10.2. The maximum absolute atomic E-state index is 13.3. The molecule has 0 N–H and O–H groups in total. The number of nitrogens with zero attached hydrogens (tertiary/aromatic N) is 3. The lowest BCUT2D eigenvalue weighted by Crippen LogP contribution is -2.31. The van der Waals surface area contributed by atoms with Crippen LogP contribution in [0, 0.1) is 6.92 Å². The van der Waals surface area contributed by atoms with Gasteiger partial charge in [0.2, 0.25) is 5.91 Å². The van der Waals surface area contributed by atoms with Gasteiger partial charge in [-0.3, -0.25) is 14.7 Å². The first-order valence-corrected chi connectivity index (χ1v) is 13.8. The Morgan fingerprint density at radius 2 is 1.82 bits per heavy atom. The second kappa shape index (κ2) is 10.6. The molecule has 2 aromatic carbocycles. The van der Waals surface area contributed by atoms with E-state index in [9.17, 15) is 13.2 Å². The Bertz CT molecular complexity index is 1390. The van der Waals surface area contributed by atoms with Crippen LogP contribution in [0.15, 0.2) is 66.9 Å². The highest BCUT2D eigenvalue weighted by Gasteiger charge is 2.22. The molecular formula is C25H24ClN3O3S2. The number of anilines is 1. The summed E-state index contributed by atoms with van der Waals surface area (Å²) < 4.78 is 26.0. The maximum Gasteiger partial charge on any atom is 0.229 e. The molecule has 1 amide bonds. The van der Waals surface area contributed by atoms with Gasteiger partial charge in [-0.2, -0.15) is 0 Å². The maximum atomic E-state index is 13.3. The molecule has 0 saturated carbocycles. The first-order valence-electron chi connectivity index (χ1n) is 10.8. The molecule has 4 aromatic rings. The number of rotatable bonds is 9. The van der Waals surface area contributed by atoms with E-state index in [-0.39, 0.29) is 36.8 Å². The number of hydrogen-bond donors (Lipinski definition) is 0. The van der Waals surface area contributed by atoms with Crippen LogP contribution in [0.3, 0.4) is 0 Å². The highest BCUT2D eigenvalue weighted by atomic mass is 35.5. The van der Waals surface area contributed by atoms with E-state index in [1.807, 2.05) is 55.5 Å². The third-order valence-corrected chi connectivity index (χ3v) is 8.53. The Labute approximate surface area is 208 Å². The number of benzene rings is 2. The molecule has 176 valence electrons. The van der Waals surface area contributed by atoms with Gasteiger partial charge in [0.25, 0.3) is 0 Å². The summed E-state index contributed by atoms with van der Waals surface area (Å²) in [5.74, 6) is -0.277. The second-order valence-electron chi connectivity index (χ2n) is 8.00. The van der Waals surface area contributed by atoms with E-state index in [4.69, 9.17) is 16.6 Å². The molecular weight excluding hydrogens is 490 g/mol. The number of sulfone groups is 1. The predicted molar refractivity (Wildman–Crippen MR) is 138 cm³/mol. The Kier molecular flexibility index (Phi) is 7.60. The molecule has 6 nitrogen and oxygen atoms in total. The number of carbonyl (C=O) groups excluding carboxylic acids is 1. The van der Waals surface area contributed by atoms with Crippen molar-refractivity contribution in [3.63, 3.8) is 0 Å². The molecule has 34 heavy (non-hydrogen) atoms. The SMILES string of the molecule is Cc1c(Cl)ccc2sc(N(Cc3ccccn3)C(=O)CCCS(=O)(=O)Cc3ccccc3)nc12. The van der Waals surface area contributed by atoms with E-state index in [1.165, 1.54) is 11.3 Å². The lowest BCUT2D eigenvalue weighted by Gasteiger charge is -2.19. The molecule has 0 aliphatic heterocycles. The fourth-order valence-electron chi connectivity index (χ4n) is 3.60. The molecule has 0 aliphatic carbocycles. The number of aromatic nitrogens is 2. The van der Waals surface area contributed by atoms with Crippen molar-refractivity contribution in [2.24, 2.45) is 0 Å². The van der Waals surface area contributed by atoms with Gasteiger partial charge in [-0.25, -0.2) is 13.4 Å². The molecule has 9 heteroatoms. The van der Waals surface area contributed by atoms with Gasteiger partial charge in [0.1, 0.15) is 0 Å². The second-order valence-corrected chi connectivity index (χ2v) is 11.6. The largest absolute Gasteiger partial charge is 0.282 e. The Morgan fingerprint density at radius 3 is 2.56 bits per heavy atom. The molecule has 0 radical (unpaired) electrons. The minimum absolute atomic E-state index is 0.0302. The number of thiazole rings is 1. The van der Waals surface area contributed by atoms with Crippen LogP contribution < -0.4 is 4.90 Å². The topological polar surface area (TPSA) is 80.2 Å². The number of fused-ring (bicyclic) bond motifs is 1. The van der Waals surface area contributed by atoms with Crippen LogP contribution in [0.25, 0.3) is 10.2 Å². The summed E-state index contributed by atoms with van der Waals surface area (Å²) >= 11 is 7.66. The van der Waals surface area contributed by atoms with Crippen LogP contribution >= 0.6 is 22.9 Å². The van der Waals surface area contributed by atoms with Crippen molar-refractivity contribution < 1.29 is 13.2 Å². The number of halogens is 1. The van der Waals surface area contributed by atoms with E-state index in [0.29, 0.717) is 10.2 Å². The standard InChI is InChI=1S/C25H24ClN3O3S2/c1-18-21(26)12-13-22-24(18)28-25(33-22)29(16-20-10-5-6-14-27-20)23(30)11-7-15-34(31,32)17-19-8-3-2-4-9-19/h2-6,8-10,12-14H,7,11,15-17H2,1H3. The number of hydrogen-bond acceptors (Lipinski definition) is 6. The first kappa shape index (κ1) is 24.3. The van der Waals surface area contributed by atoms with Crippen LogP contribution in [0.2, 0.25) is 5.02 Å². The van der Waals surface area contributed by atoms with E-state index in [0.717, 1.165) is 27.0 Å². The van der Waals surface area contributed by atoms with Gasteiger partial charge in [0, 0.05) is 17.6 Å². The van der Waals surface area contributed by atoms with Crippen molar-refractivity contribution in [2.75, 3.05) is 10.7 Å². The molecule has 0 unspecified atom stereocenters. The normalized spacial score (nSPS) is 11.6. The van der Waals surface area contributed by atoms with Crippen molar-refractivity contribution in [1.82, 2.24) is 9.97 Å². The van der Waals surface area contributed by atoms with E-state index in [2.05, 4.69) is 4.98 Å². The van der Waals surface area contributed by atoms with Gasteiger partial charge >= 0.3 is 0 Å². The van der Waals surface area contributed by atoms with Crippen LogP contribution in [0.1, 0.15) is 29.7 Å². The van der Waals surface area contributed by atoms with Gasteiger partial charge < -0.3 is 0 Å². The van der Waals surface area contributed by atoms with Crippen LogP contribution in [-0.2, 0) is 26.9 Å². The number of aryl methyl sites for hydroxylation is 1. The van der Waals surface area contributed by atoms with Crippen molar-refractivity contribution in [2.45, 2.75) is 32.1 Å². The Morgan fingerprint density at radius 1 is 1.06 bits per heavy atom. The summed E-state index contributed by atoms with van der Waals surface area (Å²) in [6.45, 7) is 2.15. The summed E-state index contributed by atoms with van der Waals surface area (Å²) in [6, 6.07) is 18.3. The quantitative estimate of drug-likeness (QED) is 0.292. The minimum atomic E-state index is -3.32. The fraction of sp³-hybridized carbons (Fsp3) is 0.240. The van der Waals surface area contributed by atoms with Gasteiger partial charge in [-0.15, -0.1) is 0 Å². The zero-order valence-electron chi connectivity index (χ0n) is 18.6. The molecule has 0 fully saturated rings. The van der Waals surface area contributed by atoms with Crippen molar-refractivity contribution in [3.8, 4) is 0 Å². The third-order valence-electron chi connectivity index (χ3n) is 5.39. The first-order chi connectivity index (χ1) is 16.3. The van der Waals surface area contributed by atoms with E-state index < -0.39 is 9.84 Å². The van der Waals surface area contributed by atoms with E-state index in [1.54, 1.807) is 23.2 Å². The zero-order valence-corrected chi connectivity index (χ0v) is 21.0. The molecule has 2 aromatic heterocycles. The molecule has 0 aliphatic rings. The number of carbonyl (C=O) groups is 1. The molecule has 0 saturated heterocycles. The average molecular weight is 514 g/mol. The van der Waals surface area contributed by atoms with Crippen LogP contribution in [0.4, 0.5) is 5.13 Å². The highest BCUT2D eigenvalue weighted by molar-refractivity contribution is 7.90. The van der Waals surface area contributed by atoms with Crippen molar-refractivity contribution >= 4 is 54.0 Å². The van der Waals surface area contributed by atoms with E-state index >= 15 is 0 Å². The summed E-state index contributed by atoms with van der Waals surface area (Å²) in [4.78, 5) is 23.9. The molecule has 4 rings (SSSR count). The van der Waals surface area contributed by atoms with Crippen molar-refractivity contribution in [1.29, 1.82) is 0 Å². The fourth-order valence-corrected chi connectivity index (χ4v) is 6.22. The van der Waals surface area contributed by atoms with Gasteiger partial charge in [0.15, 0.2) is 15.0 Å². The van der Waals surface area contributed by atoms with Gasteiger partial charge in [-0.05, 0) is 48.7 Å². The van der Waals surface area contributed by atoms with Crippen molar-refractivity contribution in [3.05, 3.63) is 88.7 Å². The number of pyridine rings is 1. The average Bonchev–Trinajstić information content (AvgIpc) is 3.25. The monoisotopic (exact) mass is 513 g/mol. The molecule has 0 bridgehead atoms. The highest BCUT2D eigenvalue weighted by Crippen LogP contribution is 2.34. The van der Waals surface area contributed by atoms with Gasteiger partial charge in [-0.1, -0.05) is 59.3 Å². The predicted octanol–water partition coefficient (Wildman–Crippen LogP) is 5.58. The summed E-state index contributed by atoms with van der Waals surface area (Å²) in [7, 11) is -3.32. The van der Waals surface area contributed by atoms with Crippen LogP contribution in [-0.4, -0.2) is 30.0 Å². The molecule has 0 atom stereocenters.